The van der Waals surface area contributed by atoms with Gasteiger partial charge in [0.1, 0.15) is 0 Å². The Hall–Kier alpha value is -1.12. The number of hydrogen-bond donors (Lipinski definition) is 0. The third-order valence-electron chi connectivity index (χ3n) is 3.48. The fraction of sp³-hybridized carbons (Fsp3) is 0.556. The summed E-state index contributed by atoms with van der Waals surface area (Å²) < 4.78 is 27.4. The third kappa shape index (κ3) is 5.48. The van der Waals surface area contributed by atoms with E-state index in [0.29, 0.717) is 12.8 Å². The number of rotatable bonds is 7. The summed E-state index contributed by atoms with van der Waals surface area (Å²) >= 11 is 0. The molecule has 0 bridgehead atoms. The minimum absolute atomic E-state index is 0.109. The van der Waals surface area contributed by atoms with Gasteiger partial charge < -0.3 is 9.47 Å². The lowest BCUT2D eigenvalue weighted by Crippen LogP contribution is -2.31. The highest BCUT2D eigenvalue weighted by atomic mass is 16.7. The van der Waals surface area contributed by atoms with Gasteiger partial charge in [0.05, 0.1) is 15.4 Å². The molecule has 2 rings (SSSR count). The first-order chi connectivity index (χ1) is 10.4. The van der Waals surface area contributed by atoms with Gasteiger partial charge in [-0.2, -0.15) is 0 Å². The molecule has 0 saturated carbocycles. The number of ether oxygens (including phenoxy) is 2. The molecule has 2 atom stereocenters. The van der Waals surface area contributed by atoms with Gasteiger partial charge in [-0.05, 0) is 51.0 Å². The molecule has 1 fully saturated rings. The molecule has 0 aliphatic carbocycles. The van der Waals surface area contributed by atoms with Gasteiger partial charge >= 0.3 is 0 Å². The van der Waals surface area contributed by atoms with Crippen LogP contribution < -0.4 is 0 Å². The van der Waals surface area contributed by atoms with Crippen LogP contribution in [0.1, 0.15) is 47.3 Å². The molecule has 0 radical (unpaired) electrons. The zero-order chi connectivity index (χ0) is 16.0. The second-order valence-electron chi connectivity index (χ2n) is 5.53. The van der Waals surface area contributed by atoms with Crippen molar-refractivity contribution in [3.8, 4) is 0 Å². The van der Waals surface area contributed by atoms with Crippen LogP contribution in [0, 0.1) is 0 Å². The van der Waals surface area contributed by atoms with Crippen LogP contribution in [-0.4, -0.2) is 19.0 Å². The Balaban J connectivity index is 1.83. The van der Waals surface area contributed by atoms with Gasteiger partial charge in [-0.15, -0.1) is 6.58 Å². The van der Waals surface area contributed by atoms with Crippen molar-refractivity contribution in [1.29, 1.82) is 0 Å². The molecule has 2 nitrogen and oxygen atoms in total. The minimum atomic E-state index is -1.65. The summed E-state index contributed by atoms with van der Waals surface area (Å²) in [4.78, 5) is 0. The van der Waals surface area contributed by atoms with Gasteiger partial charge in [0, 0.05) is 0 Å². The Morgan fingerprint density at radius 1 is 1.40 bits per heavy atom. The molecule has 0 aromatic heterocycles. The monoisotopic (exact) mass is 276 g/mol. The molecule has 0 unspecified atom stereocenters. The van der Waals surface area contributed by atoms with E-state index in [-0.39, 0.29) is 6.10 Å². The molecule has 0 N–H and O–H groups in total. The summed E-state index contributed by atoms with van der Waals surface area (Å²) in [7, 11) is 0. The molecule has 1 aliphatic heterocycles. The number of allylic oxidation sites excluding steroid dienone is 1. The predicted molar refractivity (Wildman–Crippen MR) is 82.7 cm³/mol. The average molecular weight is 276 g/mol. The topological polar surface area (TPSA) is 18.5 Å². The van der Waals surface area contributed by atoms with Crippen LogP contribution >= 0.6 is 0 Å². The maximum atomic E-state index is 7.97. The van der Waals surface area contributed by atoms with E-state index in [1.807, 2.05) is 25.1 Å². The Labute approximate surface area is 125 Å². The van der Waals surface area contributed by atoms with Crippen LogP contribution in [-0.2, 0) is 15.9 Å². The second-order valence-corrected chi connectivity index (χ2v) is 5.53. The van der Waals surface area contributed by atoms with Crippen molar-refractivity contribution in [2.45, 2.75) is 57.8 Å². The van der Waals surface area contributed by atoms with Gasteiger partial charge in [-0.25, -0.2) is 0 Å². The van der Waals surface area contributed by atoms with Crippen LogP contribution in [0.4, 0.5) is 0 Å². The van der Waals surface area contributed by atoms with Crippen molar-refractivity contribution < 1.29 is 12.2 Å². The molecule has 0 spiro atoms. The first kappa shape index (κ1) is 12.6. The summed E-state index contributed by atoms with van der Waals surface area (Å²) in [5.74, 6) is 0. The maximum absolute atomic E-state index is 7.97. The van der Waals surface area contributed by atoms with E-state index in [9.17, 15) is 0 Å². The molecule has 1 saturated heterocycles. The van der Waals surface area contributed by atoms with Crippen molar-refractivity contribution in [2.24, 2.45) is 0 Å². The van der Waals surface area contributed by atoms with Gasteiger partial charge in [-0.3, -0.25) is 0 Å². The van der Waals surface area contributed by atoms with Crippen molar-refractivity contribution in [3.63, 3.8) is 0 Å². The molecule has 1 heterocycles. The fourth-order valence-corrected chi connectivity index (χ4v) is 2.39. The van der Waals surface area contributed by atoms with Crippen molar-refractivity contribution in [1.82, 2.24) is 0 Å². The molecule has 0 amide bonds. The Morgan fingerprint density at radius 3 is 2.95 bits per heavy atom. The maximum Gasteiger partial charge on any atom is 0.157 e. The van der Waals surface area contributed by atoms with Gasteiger partial charge in [-0.1, -0.05) is 35.9 Å². The molecule has 1 aliphatic rings. The minimum Gasteiger partial charge on any atom is -0.353 e. The summed E-state index contributed by atoms with van der Waals surface area (Å²) in [5.41, 5.74) is 2.22. The van der Waals surface area contributed by atoms with E-state index in [2.05, 4.69) is 18.7 Å². The largest absolute Gasteiger partial charge is 0.353 e. The summed E-state index contributed by atoms with van der Waals surface area (Å²) in [6, 6.07) is 10.3. The van der Waals surface area contributed by atoms with Gasteiger partial charge in [0.25, 0.3) is 0 Å². The van der Waals surface area contributed by atoms with Crippen molar-refractivity contribution in [2.75, 3.05) is 6.56 Å². The quantitative estimate of drug-likeness (QED) is 0.683. The van der Waals surface area contributed by atoms with Crippen LogP contribution in [0.2, 0.25) is 0 Å². The highest BCUT2D eigenvalue weighted by Crippen LogP contribution is 2.23. The van der Waals surface area contributed by atoms with E-state index in [1.165, 1.54) is 5.56 Å². The van der Waals surface area contributed by atoms with E-state index < -0.39 is 12.8 Å². The number of benzene rings is 1. The molecule has 1 aromatic rings. The Kier molecular flexibility index (Phi) is 5.19. The smallest absolute Gasteiger partial charge is 0.157 e. The SMILES string of the molecule is [2H]C([2H])(CCC(=C)C)O[C@@H]1CCC[C@@H](Cc2ccccc2)O1. The zero-order valence-corrected chi connectivity index (χ0v) is 12.3. The van der Waals surface area contributed by atoms with E-state index in [4.69, 9.17) is 12.2 Å². The van der Waals surface area contributed by atoms with Gasteiger partial charge in [0.15, 0.2) is 6.29 Å². The van der Waals surface area contributed by atoms with Crippen LogP contribution in [0.15, 0.2) is 42.5 Å². The summed E-state index contributed by atoms with van der Waals surface area (Å²) in [6.07, 6.45) is 4.26. The molecule has 20 heavy (non-hydrogen) atoms. The van der Waals surface area contributed by atoms with Crippen molar-refractivity contribution >= 4 is 0 Å². The van der Waals surface area contributed by atoms with E-state index in [1.54, 1.807) is 0 Å². The summed E-state index contributed by atoms with van der Waals surface area (Å²) in [6.45, 7) is 4.06. The lowest BCUT2D eigenvalue weighted by molar-refractivity contribution is -0.193. The molecular weight excluding hydrogens is 248 g/mol. The first-order valence-electron chi connectivity index (χ1n) is 8.46. The second kappa shape index (κ2) is 8.23. The molecule has 110 valence electrons. The highest BCUT2D eigenvalue weighted by Gasteiger charge is 2.22. The fourth-order valence-electron chi connectivity index (χ4n) is 2.39. The Morgan fingerprint density at radius 2 is 2.20 bits per heavy atom. The Bertz CT molecular complexity index is 473. The van der Waals surface area contributed by atoms with Crippen molar-refractivity contribution in [3.05, 3.63) is 48.0 Å². The van der Waals surface area contributed by atoms with E-state index in [0.717, 1.165) is 31.3 Å². The highest BCUT2D eigenvalue weighted by molar-refractivity contribution is 5.15. The predicted octanol–water partition coefficient (Wildman–Crippen LogP) is 4.50. The first-order valence-corrected chi connectivity index (χ1v) is 7.46. The normalized spacial score (nSPS) is 24.9. The van der Waals surface area contributed by atoms with Crippen LogP contribution in [0.25, 0.3) is 0 Å². The molecule has 2 heteroatoms. The number of hydrogen-bond acceptors (Lipinski definition) is 2. The molecular formula is C18H26O2. The van der Waals surface area contributed by atoms with Crippen LogP contribution in [0.5, 0.6) is 0 Å². The lowest BCUT2D eigenvalue weighted by atomic mass is 10.0. The zero-order valence-electron chi connectivity index (χ0n) is 14.3. The van der Waals surface area contributed by atoms with Crippen LogP contribution in [0.3, 0.4) is 0 Å². The standard InChI is InChI=1S/C18H26O2/c1-15(2)8-7-13-19-18-12-6-11-17(20-18)14-16-9-4-3-5-10-16/h3-5,9-10,17-18H,1,6-8,11-14H2,2H3/t17-,18-/m0/s1/i13D2. The third-order valence-corrected chi connectivity index (χ3v) is 3.48. The van der Waals surface area contributed by atoms with Gasteiger partial charge in [0.2, 0.25) is 0 Å². The molecule has 1 aromatic carbocycles. The van der Waals surface area contributed by atoms with E-state index >= 15 is 0 Å². The average Bonchev–Trinajstić information content (AvgIpc) is 2.46. The lowest BCUT2D eigenvalue weighted by Gasteiger charge is -2.30. The summed E-state index contributed by atoms with van der Waals surface area (Å²) in [5, 5.41) is 0.